The Labute approximate surface area is 144 Å². The van der Waals surface area contributed by atoms with Crippen molar-refractivity contribution in [1.29, 1.82) is 0 Å². The molecule has 2 rings (SSSR count). The third-order valence-electron chi connectivity index (χ3n) is 2.54. The molecule has 0 fully saturated rings. The first kappa shape index (κ1) is 16.4. The summed E-state index contributed by atoms with van der Waals surface area (Å²) < 4.78 is 0.969. The van der Waals surface area contributed by atoms with Gasteiger partial charge in [-0.15, -0.1) is 0 Å². The second-order valence-electron chi connectivity index (χ2n) is 3.98. The lowest BCUT2D eigenvalue weighted by Crippen LogP contribution is -1.87. The Bertz CT molecular complexity index is 717. The minimum Gasteiger partial charge on any atom is -0.478 e. The summed E-state index contributed by atoms with van der Waals surface area (Å²) in [4.78, 5) is 12.4. The molecule has 6 heteroatoms. The molecule has 0 aliphatic rings. The maximum Gasteiger partial charge on any atom is 0.328 e. The fourth-order valence-corrected chi connectivity index (χ4v) is 3.54. The molecule has 108 valence electrons. The molecule has 2 nitrogen and oxygen atoms in total. The number of aliphatic carboxylic acids is 1. The van der Waals surface area contributed by atoms with Crippen LogP contribution in [0, 0.1) is 0 Å². The van der Waals surface area contributed by atoms with Crippen molar-refractivity contribution < 1.29 is 9.90 Å². The number of hydrogen-bond acceptors (Lipinski definition) is 2. The van der Waals surface area contributed by atoms with Gasteiger partial charge in [-0.1, -0.05) is 53.2 Å². The smallest absolute Gasteiger partial charge is 0.328 e. The molecule has 0 aliphatic heterocycles. The van der Waals surface area contributed by atoms with Gasteiger partial charge >= 0.3 is 5.97 Å². The van der Waals surface area contributed by atoms with Crippen LogP contribution in [0.5, 0.6) is 0 Å². The molecule has 0 radical (unpaired) electrons. The number of hydrogen-bond donors (Lipinski definition) is 1. The molecule has 21 heavy (non-hydrogen) atoms. The van der Waals surface area contributed by atoms with Crippen molar-refractivity contribution in [3.8, 4) is 0 Å². The van der Waals surface area contributed by atoms with Crippen LogP contribution in [0.3, 0.4) is 0 Å². The van der Waals surface area contributed by atoms with Gasteiger partial charge < -0.3 is 5.11 Å². The van der Waals surface area contributed by atoms with E-state index in [0.29, 0.717) is 15.6 Å². The van der Waals surface area contributed by atoms with Gasteiger partial charge in [0.15, 0.2) is 0 Å². The predicted octanol–water partition coefficient (Wildman–Crippen LogP) is 6.00. The van der Waals surface area contributed by atoms with E-state index in [1.165, 1.54) is 17.8 Å². The number of benzene rings is 2. The van der Waals surface area contributed by atoms with E-state index in [4.69, 9.17) is 28.3 Å². The molecular weight excluding hydrogens is 395 g/mol. The standard InChI is InChI=1S/C15H9BrCl2O2S/c16-10-3-1-2-4-11(10)21-12-7-5-9(6-8-13(19)20)14(17)15(12)18/h1-8H,(H,19,20)/b8-6+. The highest BCUT2D eigenvalue weighted by atomic mass is 79.9. The van der Waals surface area contributed by atoms with Crippen LogP contribution in [0.25, 0.3) is 6.08 Å². The summed E-state index contributed by atoms with van der Waals surface area (Å²) in [7, 11) is 0. The lowest BCUT2D eigenvalue weighted by molar-refractivity contribution is -0.131. The third-order valence-corrected chi connectivity index (χ3v) is 5.64. The van der Waals surface area contributed by atoms with E-state index in [2.05, 4.69) is 15.9 Å². The molecule has 0 aliphatic carbocycles. The summed E-state index contributed by atoms with van der Waals surface area (Å²) in [6, 6.07) is 11.3. The molecule has 1 N–H and O–H groups in total. The number of rotatable bonds is 4. The van der Waals surface area contributed by atoms with Crippen LogP contribution >= 0.6 is 50.9 Å². The van der Waals surface area contributed by atoms with E-state index in [1.54, 1.807) is 6.07 Å². The Morgan fingerprint density at radius 1 is 1.10 bits per heavy atom. The van der Waals surface area contributed by atoms with E-state index >= 15 is 0 Å². The minimum absolute atomic E-state index is 0.339. The maximum atomic E-state index is 10.5. The first-order valence-electron chi connectivity index (χ1n) is 5.80. The van der Waals surface area contributed by atoms with Crippen LogP contribution in [0.2, 0.25) is 10.0 Å². The normalized spacial score (nSPS) is 11.0. The van der Waals surface area contributed by atoms with Crippen LogP contribution in [0.4, 0.5) is 0 Å². The zero-order chi connectivity index (χ0) is 15.4. The van der Waals surface area contributed by atoms with Gasteiger partial charge in [-0.25, -0.2) is 4.79 Å². The van der Waals surface area contributed by atoms with Crippen molar-refractivity contribution in [2.24, 2.45) is 0 Å². The second kappa shape index (κ2) is 7.36. The average Bonchev–Trinajstić information content (AvgIpc) is 2.45. The molecule has 0 saturated heterocycles. The van der Waals surface area contributed by atoms with Crippen LogP contribution in [-0.2, 0) is 4.79 Å². The molecule has 0 unspecified atom stereocenters. The van der Waals surface area contributed by atoms with Crippen LogP contribution in [-0.4, -0.2) is 11.1 Å². The number of carboxylic acids is 1. The molecule has 2 aromatic carbocycles. The van der Waals surface area contributed by atoms with Crippen molar-refractivity contribution in [3.05, 3.63) is 62.6 Å². The van der Waals surface area contributed by atoms with Gasteiger partial charge in [-0.05, 0) is 45.8 Å². The molecular formula is C15H9BrCl2O2S. The zero-order valence-electron chi connectivity index (χ0n) is 10.5. The molecule has 0 spiro atoms. The van der Waals surface area contributed by atoms with Crippen molar-refractivity contribution in [1.82, 2.24) is 0 Å². The van der Waals surface area contributed by atoms with E-state index in [-0.39, 0.29) is 0 Å². The van der Waals surface area contributed by atoms with Crippen LogP contribution in [0.1, 0.15) is 5.56 Å². The number of halogens is 3. The molecule has 0 atom stereocenters. The van der Waals surface area contributed by atoms with Gasteiger partial charge in [0.1, 0.15) is 0 Å². The summed E-state index contributed by atoms with van der Waals surface area (Å²) >= 11 is 17.4. The monoisotopic (exact) mass is 402 g/mol. The molecule has 0 heterocycles. The maximum absolute atomic E-state index is 10.5. The third kappa shape index (κ3) is 4.27. The topological polar surface area (TPSA) is 37.3 Å². The largest absolute Gasteiger partial charge is 0.478 e. The lowest BCUT2D eigenvalue weighted by Gasteiger charge is -2.09. The molecule has 0 aromatic heterocycles. The van der Waals surface area contributed by atoms with Crippen LogP contribution in [0.15, 0.2) is 56.7 Å². The van der Waals surface area contributed by atoms with E-state index in [1.807, 2.05) is 30.3 Å². The first-order chi connectivity index (χ1) is 9.99. The predicted molar refractivity (Wildman–Crippen MR) is 91.4 cm³/mol. The SMILES string of the molecule is O=C(O)/C=C/c1ccc(Sc2ccccc2Br)c(Cl)c1Cl. The highest BCUT2D eigenvalue weighted by Gasteiger charge is 2.11. The quantitative estimate of drug-likeness (QED) is 0.635. The van der Waals surface area contributed by atoms with Crippen molar-refractivity contribution in [2.75, 3.05) is 0 Å². The Morgan fingerprint density at radius 3 is 2.48 bits per heavy atom. The minimum atomic E-state index is -1.03. The van der Waals surface area contributed by atoms with E-state index in [9.17, 15) is 4.79 Å². The summed E-state index contributed by atoms with van der Waals surface area (Å²) in [6.07, 6.45) is 2.45. The van der Waals surface area contributed by atoms with Gasteiger partial charge in [-0.3, -0.25) is 0 Å². The highest BCUT2D eigenvalue weighted by molar-refractivity contribution is 9.10. The number of carboxylic acid groups (broad SMARTS) is 1. The zero-order valence-corrected chi connectivity index (χ0v) is 14.4. The first-order valence-corrected chi connectivity index (χ1v) is 8.17. The summed E-state index contributed by atoms with van der Waals surface area (Å²) in [5, 5.41) is 9.39. The molecule has 0 bridgehead atoms. The highest BCUT2D eigenvalue weighted by Crippen LogP contribution is 2.41. The molecule has 0 amide bonds. The number of carbonyl (C=O) groups is 1. The summed E-state index contributed by atoms with van der Waals surface area (Å²) in [6.45, 7) is 0. The fourth-order valence-electron chi connectivity index (χ4n) is 1.56. The molecule has 2 aromatic rings. The van der Waals surface area contributed by atoms with Crippen molar-refractivity contribution in [2.45, 2.75) is 9.79 Å². The van der Waals surface area contributed by atoms with Gasteiger partial charge in [0.05, 0.1) is 10.0 Å². The second-order valence-corrected chi connectivity index (χ2v) is 6.68. The van der Waals surface area contributed by atoms with E-state index in [0.717, 1.165) is 20.3 Å². The average molecular weight is 404 g/mol. The van der Waals surface area contributed by atoms with Crippen molar-refractivity contribution >= 4 is 62.9 Å². The van der Waals surface area contributed by atoms with Gasteiger partial charge in [0.25, 0.3) is 0 Å². The molecule has 0 saturated carbocycles. The van der Waals surface area contributed by atoms with Gasteiger partial charge in [0, 0.05) is 20.3 Å². The Hall–Kier alpha value is -0.940. The lowest BCUT2D eigenvalue weighted by atomic mass is 10.2. The van der Waals surface area contributed by atoms with Gasteiger partial charge in [0.2, 0.25) is 0 Å². The van der Waals surface area contributed by atoms with Crippen LogP contribution < -0.4 is 0 Å². The van der Waals surface area contributed by atoms with E-state index < -0.39 is 5.97 Å². The Kier molecular flexibility index (Phi) is 5.76. The van der Waals surface area contributed by atoms with Gasteiger partial charge in [-0.2, -0.15) is 0 Å². The van der Waals surface area contributed by atoms with Crippen molar-refractivity contribution in [3.63, 3.8) is 0 Å². The Morgan fingerprint density at radius 2 is 1.81 bits per heavy atom. The summed E-state index contributed by atoms with van der Waals surface area (Å²) in [5.74, 6) is -1.03. The Balaban J connectivity index is 2.33. The summed E-state index contributed by atoms with van der Waals surface area (Å²) in [5.41, 5.74) is 0.570. The fraction of sp³-hybridized carbons (Fsp3) is 0.